The molecule has 0 aromatic heterocycles. The number of unbranched alkanes of at least 4 members (excludes halogenated alkanes) is 1. The minimum atomic E-state index is -0.745. The third-order valence-corrected chi connectivity index (χ3v) is 4.93. The largest absolute Gasteiger partial charge is 0.481 e. The number of hydrogen-bond donors (Lipinski definition) is 2. The molecule has 0 bridgehead atoms. The van der Waals surface area contributed by atoms with Crippen molar-refractivity contribution >= 4 is 11.9 Å². The van der Waals surface area contributed by atoms with E-state index in [-0.39, 0.29) is 0 Å². The summed E-state index contributed by atoms with van der Waals surface area (Å²) in [5, 5.41) is 18.3. The van der Waals surface area contributed by atoms with E-state index < -0.39 is 22.8 Å². The number of aryl methyl sites for hydroxylation is 2. The zero-order valence-corrected chi connectivity index (χ0v) is 16.0. The molecular weight excluding hydrogens is 316 g/mol. The van der Waals surface area contributed by atoms with Crippen molar-refractivity contribution in [2.75, 3.05) is 0 Å². The van der Waals surface area contributed by atoms with Gasteiger partial charge in [-0.2, -0.15) is 0 Å². The Kier molecular flexibility index (Phi) is 7.65. The molecule has 4 nitrogen and oxygen atoms in total. The molecule has 1 aromatic carbocycles. The molecule has 140 valence electrons. The van der Waals surface area contributed by atoms with E-state index in [0.29, 0.717) is 12.8 Å². The monoisotopic (exact) mass is 348 g/mol. The van der Waals surface area contributed by atoms with Crippen LogP contribution >= 0.6 is 0 Å². The minimum Gasteiger partial charge on any atom is -0.481 e. The highest BCUT2D eigenvalue weighted by atomic mass is 16.4. The molecule has 0 aliphatic heterocycles. The Morgan fingerprint density at radius 1 is 0.800 bits per heavy atom. The van der Waals surface area contributed by atoms with Gasteiger partial charge >= 0.3 is 11.9 Å². The highest BCUT2D eigenvalue weighted by Crippen LogP contribution is 2.25. The second-order valence-electron chi connectivity index (χ2n) is 8.26. The zero-order valence-electron chi connectivity index (χ0n) is 16.0. The van der Waals surface area contributed by atoms with Crippen LogP contribution in [0.15, 0.2) is 24.3 Å². The first-order valence-corrected chi connectivity index (χ1v) is 9.09. The summed E-state index contributed by atoms with van der Waals surface area (Å²) < 4.78 is 0. The molecule has 0 aliphatic rings. The minimum absolute atomic E-state index is 0.654. The predicted octanol–water partition coefficient (Wildman–Crippen LogP) is 4.94. The number of carboxylic acid groups (broad SMARTS) is 2. The number of benzene rings is 1. The molecule has 0 amide bonds. The number of carboxylic acids is 2. The second kappa shape index (κ2) is 9.02. The SMILES string of the molecule is CC(C)(CCCCc1cccc(CCCC(C)(C)C(=O)O)c1)C(=O)O. The van der Waals surface area contributed by atoms with Gasteiger partial charge in [-0.15, -0.1) is 0 Å². The van der Waals surface area contributed by atoms with Gasteiger partial charge in [-0.05, 0) is 77.3 Å². The van der Waals surface area contributed by atoms with Crippen LogP contribution in [0.4, 0.5) is 0 Å². The van der Waals surface area contributed by atoms with Crippen molar-refractivity contribution in [3.63, 3.8) is 0 Å². The third kappa shape index (κ3) is 7.29. The van der Waals surface area contributed by atoms with Gasteiger partial charge in [-0.25, -0.2) is 0 Å². The Morgan fingerprint density at radius 2 is 1.24 bits per heavy atom. The van der Waals surface area contributed by atoms with Crippen molar-refractivity contribution in [3.05, 3.63) is 35.4 Å². The van der Waals surface area contributed by atoms with E-state index in [0.717, 1.165) is 32.1 Å². The van der Waals surface area contributed by atoms with Crippen molar-refractivity contribution < 1.29 is 19.8 Å². The average molecular weight is 348 g/mol. The van der Waals surface area contributed by atoms with Gasteiger partial charge in [0.15, 0.2) is 0 Å². The third-order valence-electron chi connectivity index (χ3n) is 4.93. The van der Waals surface area contributed by atoms with E-state index in [4.69, 9.17) is 10.2 Å². The topological polar surface area (TPSA) is 74.6 Å². The van der Waals surface area contributed by atoms with Gasteiger partial charge in [0.1, 0.15) is 0 Å². The van der Waals surface area contributed by atoms with E-state index in [2.05, 4.69) is 18.2 Å². The molecule has 2 N–H and O–H groups in total. The molecule has 0 atom stereocenters. The first-order valence-electron chi connectivity index (χ1n) is 9.09. The zero-order chi connectivity index (χ0) is 19.1. The Bertz CT molecular complexity index is 587. The molecule has 0 aliphatic carbocycles. The van der Waals surface area contributed by atoms with E-state index in [1.807, 2.05) is 6.07 Å². The summed E-state index contributed by atoms with van der Waals surface area (Å²) in [5.41, 5.74) is 1.18. The molecule has 0 spiro atoms. The van der Waals surface area contributed by atoms with Crippen LogP contribution in [0.2, 0.25) is 0 Å². The highest BCUT2D eigenvalue weighted by Gasteiger charge is 2.26. The molecule has 1 rings (SSSR count). The Hall–Kier alpha value is -1.84. The summed E-state index contributed by atoms with van der Waals surface area (Å²) in [6, 6.07) is 8.43. The van der Waals surface area contributed by atoms with Crippen molar-refractivity contribution in [1.82, 2.24) is 0 Å². The van der Waals surface area contributed by atoms with Crippen molar-refractivity contribution in [2.45, 2.75) is 72.6 Å². The van der Waals surface area contributed by atoms with E-state index in [1.165, 1.54) is 11.1 Å². The van der Waals surface area contributed by atoms with Gasteiger partial charge in [0, 0.05) is 0 Å². The lowest BCUT2D eigenvalue weighted by Crippen LogP contribution is -2.23. The molecule has 0 radical (unpaired) electrons. The number of rotatable bonds is 11. The number of hydrogen-bond acceptors (Lipinski definition) is 2. The van der Waals surface area contributed by atoms with Crippen LogP contribution in [0.25, 0.3) is 0 Å². The van der Waals surface area contributed by atoms with Gasteiger partial charge in [0.25, 0.3) is 0 Å². The maximum absolute atomic E-state index is 11.1. The predicted molar refractivity (Wildman–Crippen MR) is 99.8 cm³/mol. The van der Waals surface area contributed by atoms with Crippen LogP contribution in [-0.2, 0) is 22.4 Å². The molecule has 1 aromatic rings. The van der Waals surface area contributed by atoms with Crippen LogP contribution in [0.1, 0.15) is 70.9 Å². The number of aliphatic carboxylic acids is 2. The lowest BCUT2D eigenvalue weighted by atomic mass is 9.86. The maximum atomic E-state index is 11.1. The summed E-state index contributed by atoms with van der Waals surface area (Å²) in [6.45, 7) is 7.08. The van der Waals surface area contributed by atoms with Gasteiger partial charge in [-0.3, -0.25) is 9.59 Å². The molecule has 25 heavy (non-hydrogen) atoms. The van der Waals surface area contributed by atoms with Crippen molar-refractivity contribution in [3.8, 4) is 0 Å². The molecule has 0 saturated heterocycles. The normalized spacial score (nSPS) is 12.2. The van der Waals surface area contributed by atoms with Gasteiger partial charge < -0.3 is 10.2 Å². The van der Waals surface area contributed by atoms with Crippen LogP contribution < -0.4 is 0 Å². The van der Waals surface area contributed by atoms with E-state index in [1.54, 1.807) is 27.7 Å². The molecule has 4 heteroatoms. The fourth-order valence-electron chi connectivity index (χ4n) is 2.79. The summed E-state index contributed by atoms with van der Waals surface area (Å²) >= 11 is 0. The summed E-state index contributed by atoms with van der Waals surface area (Å²) in [7, 11) is 0. The molecule has 0 fully saturated rings. The van der Waals surface area contributed by atoms with Crippen molar-refractivity contribution in [1.29, 1.82) is 0 Å². The first-order chi connectivity index (χ1) is 11.5. The molecule has 0 heterocycles. The van der Waals surface area contributed by atoms with E-state index >= 15 is 0 Å². The lowest BCUT2D eigenvalue weighted by Gasteiger charge is -2.19. The smallest absolute Gasteiger partial charge is 0.309 e. The highest BCUT2D eigenvalue weighted by molar-refractivity contribution is 5.73. The fourth-order valence-corrected chi connectivity index (χ4v) is 2.79. The molecule has 0 saturated carbocycles. The van der Waals surface area contributed by atoms with Crippen LogP contribution in [0.5, 0.6) is 0 Å². The Balaban J connectivity index is 2.42. The second-order valence-corrected chi connectivity index (χ2v) is 8.26. The quantitative estimate of drug-likeness (QED) is 0.555. The fraction of sp³-hybridized carbons (Fsp3) is 0.619. The van der Waals surface area contributed by atoms with Crippen molar-refractivity contribution in [2.24, 2.45) is 10.8 Å². The van der Waals surface area contributed by atoms with Crippen LogP contribution in [0, 0.1) is 10.8 Å². The Labute approximate surface area is 151 Å². The van der Waals surface area contributed by atoms with Gasteiger partial charge in [0.2, 0.25) is 0 Å². The summed E-state index contributed by atoms with van der Waals surface area (Å²) in [5.74, 6) is -1.48. The molecule has 0 unspecified atom stereocenters. The first kappa shape index (κ1) is 21.2. The van der Waals surface area contributed by atoms with Crippen LogP contribution in [-0.4, -0.2) is 22.2 Å². The van der Waals surface area contributed by atoms with E-state index in [9.17, 15) is 9.59 Å². The summed E-state index contributed by atoms with van der Waals surface area (Å²) in [6.07, 6.45) is 5.92. The van der Waals surface area contributed by atoms with Gasteiger partial charge in [0.05, 0.1) is 10.8 Å². The summed E-state index contributed by atoms with van der Waals surface area (Å²) in [4.78, 5) is 22.2. The van der Waals surface area contributed by atoms with Gasteiger partial charge in [-0.1, -0.05) is 30.7 Å². The molecular formula is C21H32O4. The average Bonchev–Trinajstić information content (AvgIpc) is 2.51. The standard InChI is InChI=1S/C21H32O4/c1-20(2,18(22)23)13-6-5-9-16-10-7-11-17(15-16)12-8-14-21(3,4)19(24)25/h7,10-11,15H,5-6,8-9,12-14H2,1-4H3,(H,22,23)(H,24,25). The maximum Gasteiger partial charge on any atom is 0.309 e. The van der Waals surface area contributed by atoms with Crippen LogP contribution in [0.3, 0.4) is 0 Å². The number of carbonyl (C=O) groups is 2. The lowest BCUT2D eigenvalue weighted by molar-refractivity contribution is -0.148. The Morgan fingerprint density at radius 3 is 1.72 bits per heavy atom.